The highest BCUT2D eigenvalue weighted by molar-refractivity contribution is 5.57. The van der Waals surface area contributed by atoms with Crippen LogP contribution in [0.1, 0.15) is 30.0 Å². The van der Waals surface area contributed by atoms with Gasteiger partial charge in [0, 0.05) is 12.7 Å². The van der Waals surface area contributed by atoms with Crippen LogP contribution in [0.5, 0.6) is 0 Å². The van der Waals surface area contributed by atoms with E-state index in [1.165, 1.54) is 11.1 Å². The van der Waals surface area contributed by atoms with Crippen molar-refractivity contribution >= 4 is 11.7 Å². The summed E-state index contributed by atoms with van der Waals surface area (Å²) >= 11 is 0. The molecule has 1 unspecified atom stereocenters. The van der Waals surface area contributed by atoms with Crippen LogP contribution in [0.2, 0.25) is 0 Å². The minimum absolute atomic E-state index is 0.251. The van der Waals surface area contributed by atoms with Crippen LogP contribution in [-0.2, 0) is 0 Å². The Morgan fingerprint density at radius 3 is 2.28 bits per heavy atom. The van der Waals surface area contributed by atoms with E-state index < -0.39 is 0 Å². The van der Waals surface area contributed by atoms with E-state index in [-0.39, 0.29) is 6.04 Å². The van der Waals surface area contributed by atoms with Crippen molar-refractivity contribution < 1.29 is 4.42 Å². The summed E-state index contributed by atoms with van der Waals surface area (Å²) in [7, 11) is 1.90. The molecule has 0 aliphatic carbocycles. The zero-order valence-electron chi connectivity index (χ0n) is 11.1. The largest absolute Gasteiger partial charge is 0.406 e. The number of aryl methyl sites for hydroxylation is 2. The molecule has 1 heterocycles. The molecule has 1 atom stereocenters. The second kappa shape index (κ2) is 4.78. The van der Waals surface area contributed by atoms with E-state index >= 15 is 0 Å². The van der Waals surface area contributed by atoms with Crippen molar-refractivity contribution in [1.82, 2.24) is 10.2 Å². The highest BCUT2D eigenvalue weighted by atomic mass is 16.4. The lowest BCUT2D eigenvalue weighted by atomic mass is 10.1. The smallest absolute Gasteiger partial charge is 0.322 e. The highest BCUT2D eigenvalue weighted by Crippen LogP contribution is 2.25. The zero-order valence-corrected chi connectivity index (χ0v) is 11.1. The molecule has 2 rings (SSSR count). The predicted octanol–water partition coefficient (Wildman–Crippen LogP) is 2.47. The molecule has 0 aliphatic heterocycles. The van der Waals surface area contributed by atoms with Crippen molar-refractivity contribution in [3.8, 4) is 0 Å². The minimum Gasteiger partial charge on any atom is -0.406 e. The van der Waals surface area contributed by atoms with Crippen LogP contribution in [-0.4, -0.2) is 17.2 Å². The first kappa shape index (κ1) is 12.6. The Hall–Kier alpha value is -1.88. The Bertz CT molecular complexity index is 527. The van der Waals surface area contributed by atoms with Gasteiger partial charge >= 0.3 is 6.01 Å². The van der Waals surface area contributed by atoms with Gasteiger partial charge in [-0.25, -0.2) is 0 Å². The second-order valence-electron chi connectivity index (χ2n) is 4.62. The van der Waals surface area contributed by atoms with Gasteiger partial charge in [-0.2, -0.15) is 0 Å². The molecule has 2 aromatic rings. The van der Waals surface area contributed by atoms with Crippen LogP contribution < -0.4 is 10.6 Å². The van der Waals surface area contributed by atoms with Crippen LogP contribution in [0.25, 0.3) is 0 Å². The maximum Gasteiger partial charge on any atom is 0.322 e. The maximum absolute atomic E-state index is 5.70. The molecule has 0 amide bonds. The Morgan fingerprint density at radius 2 is 1.78 bits per heavy atom. The Labute approximate surface area is 107 Å². The van der Waals surface area contributed by atoms with Gasteiger partial charge in [0.25, 0.3) is 0 Å². The third-order valence-corrected chi connectivity index (χ3v) is 2.70. The predicted molar refractivity (Wildman–Crippen MR) is 70.9 cm³/mol. The van der Waals surface area contributed by atoms with Crippen LogP contribution in [0.3, 0.4) is 0 Å². The summed E-state index contributed by atoms with van der Waals surface area (Å²) in [6, 6.07) is 6.47. The molecule has 96 valence electrons. The Balaban J connectivity index is 2.31. The third kappa shape index (κ3) is 2.51. The topological polar surface area (TPSA) is 68.2 Å². The number of anilines is 2. The van der Waals surface area contributed by atoms with E-state index in [0.717, 1.165) is 5.69 Å². The van der Waals surface area contributed by atoms with E-state index in [1.807, 2.05) is 18.9 Å². The zero-order chi connectivity index (χ0) is 13.3. The molecule has 0 saturated carbocycles. The van der Waals surface area contributed by atoms with E-state index in [4.69, 9.17) is 10.2 Å². The van der Waals surface area contributed by atoms with Crippen LogP contribution in [0.15, 0.2) is 22.6 Å². The van der Waals surface area contributed by atoms with Crippen molar-refractivity contribution in [2.24, 2.45) is 5.73 Å². The average molecular weight is 246 g/mol. The van der Waals surface area contributed by atoms with Crippen molar-refractivity contribution in [2.45, 2.75) is 26.8 Å². The second-order valence-corrected chi connectivity index (χ2v) is 4.62. The van der Waals surface area contributed by atoms with Crippen molar-refractivity contribution in [2.75, 3.05) is 11.9 Å². The first-order chi connectivity index (χ1) is 8.47. The molecule has 0 bridgehead atoms. The number of benzene rings is 1. The first-order valence-electron chi connectivity index (χ1n) is 5.88. The summed E-state index contributed by atoms with van der Waals surface area (Å²) in [6.07, 6.45) is 0. The van der Waals surface area contributed by atoms with Crippen molar-refractivity contribution in [1.29, 1.82) is 0 Å². The Kier molecular flexibility index (Phi) is 3.34. The molecule has 0 spiro atoms. The highest BCUT2D eigenvalue weighted by Gasteiger charge is 2.14. The third-order valence-electron chi connectivity index (χ3n) is 2.70. The molecule has 0 fully saturated rings. The fourth-order valence-electron chi connectivity index (χ4n) is 1.80. The molecular formula is C13H18N4O. The van der Waals surface area contributed by atoms with Gasteiger partial charge in [-0.15, -0.1) is 5.10 Å². The SMILES string of the molecule is Cc1cc(C)cc(N(C)c2nnc(C(C)N)o2)c1. The number of nitrogens with two attached hydrogens (primary N) is 1. The molecule has 0 aliphatic rings. The summed E-state index contributed by atoms with van der Waals surface area (Å²) < 4.78 is 5.52. The summed E-state index contributed by atoms with van der Waals surface area (Å²) in [5, 5.41) is 7.93. The molecule has 1 aromatic carbocycles. The normalized spacial score (nSPS) is 12.5. The molecule has 5 nitrogen and oxygen atoms in total. The minimum atomic E-state index is -0.251. The summed E-state index contributed by atoms with van der Waals surface area (Å²) in [6.45, 7) is 5.94. The summed E-state index contributed by atoms with van der Waals surface area (Å²) in [4.78, 5) is 1.86. The van der Waals surface area contributed by atoms with Gasteiger partial charge in [-0.1, -0.05) is 11.2 Å². The first-order valence-corrected chi connectivity index (χ1v) is 5.88. The molecule has 0 saturated heterocycles. The van der Waals surface area contributed by atoms with Gasteiger partial charge in [0.05, 0.1) is 6.04 Å². The van der Waals surface area contributed by atoms with Crippen molar-refractivity contribution in [3.63, 3.8) is 0 Å². The number of hydrogen-bond acceptors (Lipinski definition) is 5. The monoisotopic (exact) mass is 246 g/mol. The number of rotatable bonds is 3. The quantitative estimate of drug-likeness (QED) is 0.901. The molecule has 1 aromatic heterocycles. The van der Waals surface area contributed by atoms with E-state index in [9.17, 15) is 0 Å². The van der Waals surface area contributed by atoms with E-state index in [1.54, 1.807) is 0 Å². The molecule has 5 heteroatoms. The van der Waals surface area contributed by atoms with Crippen molar-refractivity contribution in [3.05, 3.63) is 35.2 Å². The fraction of sp³-hybridized carbons (Fsp3) is 0.385. The molecular weight excluding hydrogens is 228 g/mol. The molecule has 18 heavy (non-hydrogen) atoms. The lowest BCUT2D eigenvalue weighted by Crippen LogP contribution is -2.10. The van der Waals surface area contributed by atoms with Gasteiger partial charge in [-0.05, 0) is 44.0 Å². The van der Waals surface area contributed by atoms with Gasteiger partial charge in [-0.3, -0.25) is 4.90 Å². The lowest BCUT2D eigenvalue weighted by molar-refractivity contribution is 0.467. The number of hydrogen-bond donors (Lipinski definition) is 1. The van der Waals surface area contributed by atoms with Gasteiger partial charge in [0.1, 0.15) is 0 Å². The number of aromatic nitrogens is 2. The van der Waals surface area contributed by atoms with Gasteiger partial charge in [0.15, 0.2) is 0 Å². The molecule has 2 N–H and O–H groups in total. The maximum atomic E-state index is 5.70. The lowest BCUT2D eigenvalue weighted by Gasteiger charge is -2.15. The Morgan fingerprint density at radius 1 is 1.17 bits per heavy atom. The summed E-state index contributed by atoms with van der Waals surface area (Å²) in [5.74, 6) is 0.446. The van der Waals surface area contributed by atoms with Crippen LogP contribution >= 0.6 is 0 Å². The van der Waals surface area contributed by atoms with Gasteiger partial charge < -0.3 is 10.2 Å². The van der Waals surface area contributed by atoms with E-state index in [2.05, 4.69) is 42.2 Å². The van der Waals surface area contributed by atoms with Crippen LogP contribution in [0.4, 0.5) is 11.7 Å². The average Bonchev–Trinajstić information content (AvgIpc) is 2.75. The van der Waals surface area contributed by atoms with Gasteiger partial charge in [0.2, 0.25) is 5.89 Å². The van der Waals surface area contributed by atoms with E-state index in [0.29, 0.717) is 11.9 Å². The standard InChI is InChI=1S/C13H18N4O/c1-8-5-9(2)7-11(6-8)17(4)13-16-15-12(18-13)10(3)14/h5-7,10H,14H2,1-4H3. The molecule has 0 radical (unpaired) electrons. The van der Waals surface area contributed by atoms with Crippen LogP contribution in [0, 0.1) is 13.8 Å². The number of nitrogens with zero attached hydrogens (tertiary/aromatic N) is 3. The summed E-state index contributed by atoms with van der Waals surface area (Å²) in [5.41, 5.74) is 9.12. The fourth-order valence-corrected chi connectivity index (χ4v) is 1.80.